The second kappa shape index (κ2) is 11.3. The first kappa shape index (κ1) is 19.0. The van der Waals surface area contributed by atoms with Crippen LogP contribution in [0.1, 0.15) is 24.7 Å². The molecule has 1 aromatic carbocycles. The van der Waals surface area contributed by atoms with Crippen molar-refractivity contribution in [3.05, 3.63) is 59.8 Å². The number of guanidine groups is 1. The second-order valence-electron chi connectivity index (χ2n) is 5.51. The molecule has 6 heteroatoms. The Labute approximate surface area is 148 Å². The minimum atomic E-state index is -0.167. The van der Waals surface area contributed by atoms with Crippen molar-refractivity contribution in [1.82, 2.24) is 10.6 Å². The molecule has 2 N–H and O–H groups in total. The molecular weight excluding hydrogens is 321 g/mol. The van der Waals surface area contributed by atoms with Crippen LogP contribution in [0.2, 0.25) is 0 Å². The maximum atomic E-state index is 13.6. The monoisotopic (exact) mass is 347 g/mol. The minimum Gasteiger partial charge on any atom is -0.467 e. The molecule has 1 aromatic heterocycles. The van der Waals surface area contributed by atoms with Crippen LogP contribution in [0.15, 0.2) is 52.1 Å². The fourth-order valence-electron chi connectivity index (χ4n) is 2.28. The van der Waals surface area contributed by atoms with Crippen LogP contribution in [-0.2, 0) is 17.8 Å². The van der Waals surface area contributed by atoms with Crippen molar-refractivity contribution in [3.63, 3.8) is 0 Å². The molecule has 0 spiro atoms. The molecular formula is C19H26FN3O2. The lowest BCUT2D eigenvalue weighted by atomic mass is 10.1. The highest BCUT2D eigenvalue weighted by atomic mass is 19.1. The second-order valence-corrected chi connectivity index (χ2v) is 5.51. The summed E-state index contributed by atoms with van der Waals surface area (Å²) in [5, 5.41) is 6.41. The van der Waals surface area contributed by atoms with E-state index in [4.69, 9.17) is 9.15 Å². The number of rotatable bonds is 10. The van der Waals surface area contributed by atoms with Crippen molar-refractivity contribution >= 4 is 5.96 Å². The summed E-state index contributed by atoms with van der Waals surface area (Å²) < 4.78 is 24.3. The minimum absolute atomic E-state index is 0.167. The van der Waals surface area contributed by atoms with Gasteiger partial charge in [-0.25, -0.2) is 4.39 Å². The van der Waals surface area contributed by atoms with E-state index in [1.54, 1.807) is 18.4 Å². The van der Waals surface area contributed by atoms with Crippen molar-refractivity contribution in [1.29, 1.82) is 0 Å². The highest BCUT2D eigenvalue weighted by Crippen LogP contribution is 2.06. The zero-order chi connectivity index (χ0) is 17.7. The first-order chi connectivity index (χ1) is 12.3. The summed E-state index contributed by atoms with van der Waals surface area (Å²) in [5.74, 6) is 1.40. The van der Waals surface area contributed by atoms with Crippen LogP contribution in [0.3, 0.4) is 0 Å². The molecule has 5 nitrogen and oxygen atoms in total. The number of hydrogen-bond acceptors (Lipinski definition) is 3. The summed E-state index contributed by atoms with van der Waals surface area (Å²) in [7, 11) is 0. The number of hydrogen-bond donors (Lipinski definition) is 2. The molecule has 0 aliphatic rings. The Hall–Kier alpha value is -2.34. The molecule has 0 saturated carbocycles. The van der Waals surface area contributed by atoms with E-state index in [1.165, 1.54) is 6.07 Å². The molecule has 2 aromatic rings. The average Bonchev–Trinajstić information content (AvgIpc) is 3.13. The highest BCUT2D eigenvalue weighted by Gasteiger charge is 2.02. The molecule has 25 heavy (non-hydrogen) atoms. The van der Waals surface area contributed by atoms with Crippen LogP contribution < -0.4 is 10.6 Å². The van der Waals surface area contributed by atoms with E-state index in [0.717, 1.165) is 24.7 Å². The third-order valence-corrected chi connectivity index (χ3v) is 3.53. The largest absolute Gasteiger partial charge is 0.467 e. The summed E-state index contributed by atoms with van der Waals surface area (Å²) in [6, 6.07) is 10.6. The van der Waals surface area contributed by atoms with Gasteiger partial charge in [-0.05, 0) is 43.5 Å². The van der Waals surface area contributed by atoms with Crippen LogP contribution in [0.4, 0.5) is 4.39 Å². The van der Waals surface area contributed by atoms with Crippen molar-refractivity contribution in [2.45, 2.75) is 26.4 Å². The summed E-state index contributed by atoms with van der Waals surface area (Å²) in [6.07, 6.45) is 3.08. The topological polar surface area (TPSA) is 58.8 Å². The Morgan fingerprint density at radius 2 is 2.08 bits per heavy atom. The zero-order valence-electron chi connectivity index (χ0n) is 14.6. The van der Waals surface area contributed by atoms with Crippen LogP contribution in [0, 0.1) is 5.82 Å². The van der Waals surface area contributed by atoms with Gasteiger partial charge in [0.1, 0.15) is 18.2 Å². The fraction of sp³-hybridized carbons (Fsp3) is 0.421. The number of nitrogens with zero attached hydrogens (tertiary/aromatic N) is 1. The summed E-state index contributed by atoms with van der Waals surface area (Å²) in [5.41, 5.74) is 0.706. The van der Waals surface area contributed by atoms with E-state index in [-0.39, 0.29) is 5.82 Å². The van der Waals surface area contributed by atoms with Gasteiger partial charge in [0.25, 0.3) is 0 Å². The SMILES string of the molecule is CCNC(=NCCCOCc1ccco1)NCCc1ccccc1F. The highest BCUT2D eigenvalue weighted by molar-refractivity contribution is 5.79. The van der Waals surface area contributed by atoms with E-state index in [1.807, 2.05) is 25.1 Å². The van der Waals surface area contributed by atoms with Crippen molar-refractivity contribution in [3.8, 4) is 0 Å². The lowest BCUT2D eigenvalue weighted by Crippen LogP contribution is -2.38. The number of benzene rings is 1. The van der Waals surface area contributed by atoms with Crippen molar-refractivity contribution < 1.29 is 13.5 Å². The molecule has 0 fully saturated rings. The Bertz CT molecular complexity index is 629. The number of ether oxygens (including phenoxy) is 1. The first-order valence-corrected chi connectivity index (χ1v) is 8.65. The van der Waals surface area contributed by atoms with Gasteiger partial charge in [0, 0.05) is 26.2 Å². The summed E-state index contributed by atoms with van der Waals surface area (Å²) in [4.78, 5) is 4.50. The van der Waals surface area contributed by atoms with Gasteiger partial charge in [-0.1, -0.05) is 18.2 Å². The number of halogens is 1. The predicted octanol–water partition coefficient (Wildman–Crippen LogP) is 3.12. The molecule has 0 atom stereocenters. The van der Waals surface area contributed by atoms with Gasteiger partial charge in [-0.15, -0.1) is 0 Å². The smallest absolute Gasteiger partial charge is 0.191 e. The molecule has 0 saturated heterocycles. The molecule has 0 aliphatic carbocycles. The molecule has 0 amide bonds. The quantitative estimate of drug-likeness (QED) is 0.394. The van der Waals surface area contributed by atoms with Crippen molar-refractivity contribution in [2.75, 3.05) is 26.2 Å². The standard InChI is InChI=1S/C19H26FN3O2/c1-2-21-19(23-12-10-16-7-3-4-9-18(16)20)22-11-6-13-24-15-17-8-5-14-25-17/h3-5,7-9,14H,2,6,10-13,15H2,1H3,(H2,21,22,23). The molecule has 0 aliphatic heterocycles. The Balaban J connectivity index is 1.64. The van der Waals surface area contributed by atoms with Gasteiger partial charge in [0.05, 0.1) is 6.26 Å². The maximum absolute atomic E-state index is 13.6. The molecule has 2 rings (SSSR count). The van der Waals surface area contributed by atoms with E-state index >= 15 is 0 Å². The van der Waals surface area contributed by atoms with Gasteiger partial charge >= 0.3 is 0 Å². The van der Waals surface area contributed by atoms with Gasteiger partial charge in [-0.3, -0.25) is 4.99 Å². The van der Waals surface area contributed by atoms with Crippen LogP contribution >= 0.6 is 0 Å². The van der Waals surface area contributed by atoms with E-state index < -0.39 is 0 Å². The normalized spacial score (nSPS) is 11.5. The molecule has 1 heterocycles. The molecule has 0 bridgehead atoms. The summed E-state index contributed by atoms with van der Waals surface area (Å²) >= 11 is 0. The van der Waals surface area contributed by atoms with Gasteiger partial charge in [0.15, 0.2) is 5.96 Å². The lowest BCUT2D eigenvalue weighted by Gasteiger charge is -2.11. The van der Waals surface area contributed by atoms with Gasteiger partial charge in [0.2, 0.25) is 0 Å². The third-order valence-electron chi connectivity index (χ3n) is 3.53. The Morgan fingerprint density at radius 1 is 1.20 bits per heavy atom. The van der Waals surface area contributed by atoms with E-state index in [2.05, 4.69) is 15.6 Å². The third kappa shape index (κ3) is 7.39. The van der Waals surface area contributed by atoms with Crippen LogP contribution in [0.25, 0.3) is 0 Å². The van der Waals surface area contributed by atoms with Gasteiger partial charge in [-0.2, -0.15) is 0 Å². The maximum Gasteiger partial charge on any atom is 0.191 e. The van der Waals surface area contributed by atoms with Crippen LogP contribution in [-0.4, -0.2) is 32.2 Å². The van der Waals surface area contributed by atoms with E-state index in [9.17, 15) is 4.39 Å². The first-order valence-electron chi connectivity index (χ1n) is 8.65. The Kier molecular flexibility index (Phi) is 8.55. The average molecular weight is 347 g/mol. The Morgan fingerprint density at radius 3 is 2.84 bits per heavy atom. The fourth-order valence-corrected chi connectivity index (χ4v) is 2.28. The summed E-state index contributed by atoms with van der Waals surface area (Å²) in [6.45, 7) is 5.19. The molecule has 136 valence electrons. The van der Waals surface area contributed by atoms with E-state index in [0.29, 0.717) is 38.3 Å². The zero-order valence-corrected chi connectivity index (χ0v) is 14.6. The molecule has 0 unspecified atom stereocenters. The lowest BCUT2D eigenvalue weighted by molar-refractivity contribution is 0.105. The number of furan rings is 1. The van der Waals surface area contributed by atoms with Crippen LogP contribution in [0.5, 0.6) is 0 Å². The number of aliphatic imine (C=N–C) groups is 1. The number of nitrogens with one attached hydrogen (secondary N) is 2. The predicted molar refractivity (Wildman–Crippen MR) is 97.1 cm³/mol. The van der Waals surface area contributed by atoms with Crippen molar-refractivity contribution in [2.24, 2.45) is 4.99 Å². The molecule has 0 radical (unpaired) electrons. The van der Waals surface area contributed by atoms with Gasteiger partial charge < -0.3 is 19.8 Å².